The molecule has 4 nitrogen and oxygen atoms in total. The van der Waals surface area contributed by atoms with Crippen molar-refractivity contribution >= 4 is 11.4 Å². The number of hydrogen-bond donors (Lipinski definition) is 2. The van der Waals surface area contributed by atoms with Crippen LogP contribution in [0.3, 0.4) is 0 Å². The van der Waals surface area contributed by atoms with Crippen molar-refractivity contribution in [2.45, 2.75) is 118 Å². The summed E-state index contributed by atoms with van der Waals surface area (Å²) in [5, 5.41) is 21.6. The van der Waals surface area contributed by atoms with E-state index in [4.69, 9.17) is 0 Å². The Morgan fingerprint density at radius 1 is 0.417 bits per heavy atom. The Balaban J connectivity index is 0.000000260. The number of phenolic OH excluding ortho intramolecular Hbond substituents is 2. The van der Waals surface area contributed by atoms with Crippen molar-refractivity contribution in [2.75, 3.05) is 23.9 Å². The topological polar surface area (TPSA) is 46.9 Å². The zero-order chi connectivity index (χ0) is 36.2. The van der Waals surface area contributed by atoms with Crippen LogP contribution >= 0.6 is 0 Å². The highest BCUT2D eigenvalue weighted by Gasteiger charge is 2.28. The van der Waals surface area contributed by atoms with E-state index in [1.165, 1.54) is 22.5 Å². The highest BCUT2D eigenvalue weighted by molar-refractivity contribution is 5.53. The van der Waals surface area contributed by atoms with E-state index in [1.807, 2.05) is 12.1 Å². The smallest absolute Gasteiger partial charge is 0.123 e. The van der Waals surface area contributed by atoms with Gasteiger partial charge in [-0.15, -0.1) is 0 Å². The van der Waals surface area contributed by atoms with E-state index in [0.29, 0.717) is 11.5 Å². The van der Waals surface area contributed by atoms with Crippen LogP contribution in [0.1, 0.15) is 116 Å². The molecule has 260 valence electrons. The largest absolute Gasteiger partial charge is 0.507 e. The summed E-state index contributed by atoms with van der Waals surface area (Å²) in [5.41, 5.74) is 8.56. The number of nitrogens with zero attached hydrogens (tertiary/aromatic N) is 2. The average molecular weight is 651 g/mol. The maximum absolute atomic E-state index is 10.8. The number of anilines is 2. The zero-order valence-electron chi connectivity index (χ0n) is 32.3. The van der Waals surface area contributed by atoms with Gasteiger partial charge < -0.3 is 20.0 Å². The van der Waals surface area contributed by atoms with Crippen molar-refractivity contribution in [2.24, 2.45) is 0 Å². The van der Waals surface area contributed by atoms with Gasteiger partial charge in [0.15, 0.2) is 0 Å². The highest BCUT2D eigenvalue weighted by atomic mass is 16.3. The first-order chi connectivity index (χ1) is 22.0. The molecule has 0 saturated heterocycles. The van der Waals surface area contributed by atoms with Crippen LogP contribution < -0.4 is 9.80 Å². The molecule has 0 fully saturated rings. The van der Waals surface area contributed by atoms with Crippen molar-refractivity contribution in [1.29, 1.82) is 0 Å². The molecule has 0 radical (unpaired) electrons. The molecule has 4 heteroatoms. The Morgan fingerprint density at radius 3 is 0.854 bits per heavy atom. The molecule has 2 N–H and O–H groups in total. The van der Waals surface area contributed by atoms with Crippen LogP contribution in [-0.2, 0) is 34.7 Å². The van der Waals surface area contributed by atoms with Gasteiger partial charge in [0.1, 0.15) is 11.5 Å². The lowest BCUT2D eigenvalue weighted by Gasteiger charge is -2.29. The summed E-state index contributed by atoms with van der Waals surface area (Å²) in [6, 6.07) is 29.4. The molecule has 0 unspecified atom stereocenters. The van der Waals surface area contributed by atoms with E-state index < -0.39 is 0 Å². The van der Waals surface area contributed by atoms with Gasteiger partial charge in [-0.3, -0.25) is 0 Å². The first-order valence-electron chi connectivity index (χ1n) is 17.3. The van der Waals surface area contributed by atoms with E-state index >= 15 is 0 Å². The summed E-state index contributed by atoms with van der Waals surface area (Å²) in [6.07, 6.45) is 0. The molecule has 0 amide bonds. The molecule has 4 rings (SSSR count). The molecule has 0 bridgehead atoms. The Bertz CT molecular complexity index is 1440. The molecule has 0 spiro atoms. The lowest BCUT2D eigenvalue weighted by atomic mass is 9.78. The van der Waals surface area contributed by atoms with Crippen LogP contribution in [0, 0.1) is 0 Å². The first-order valence-corrected chi connectivity index (χ1v) is 17.3. The normalized spacial score (nSPS) is 12.3. The molecule has 0 aliphatic carbocycles. The fraction of sp³-hybridized carbons (Fsp3) is 0.455. The standard InChI is InChI=1S/2C22H31NO/c2*1-21(2,3)18-13-16(14-19(20(18)24)22(4,5)6)15-23(7)17-11-9-8-10-12-17/h2*8-14,24H,15H2,1-7H3. The number of hydrogen-bond acceptors (Lipinski definition) is 4. The lowest BCUT2D eigenvalue weighted by molar-refractivity contribution is 0.421. The number of para-hydroxylation sites is 2. The molecular weight excluding hydrogens is 588 g/mol. The first kappa shape index (κ1) is 38.5. The van der Waals surface area contributed by atoms with Gasteiger partial charge in [-0.05, 0) is 104 Å². The van der Waals surface area contributed by atoms with E-state index in [0.717, 1.165) is 35.3 Å². The number of benzene rings is 4. The molecule has 0 aliphatic rings. The minimum atomic E-state index is -0.0919. The van der Waals surface area contributed by atoms with Crippen molar-refractivity contribution in [1.82, 2.24) is 0 Å². The molecule has 0 heterocycles. The van der Waals surface area contributed by atoms with Crippen LogP contribution in [0.2, 0.25) is 0 Å². The summed E-state index contributed by atoms with van der Waals surface area (Å²) in [4.78, 5) is 4.48. The fourth-order valence-electron chi connectivity index (χ4n) is 5.95. The minimum absolute atomic E-state index is 0.0919. The third kappa shape index (κ3) is 10.0. The third-order valence-corrected chi connectivity index (χ3v) is 8.80. The van der Waals surface area contributed by atoms with Crippen LogP contribution in [-0.4, -0.2) is 24.3 Å². The Morgan fingerprint density at radius 2 is 0.646 bits per heavy atom. The molecule has 0 atom stereocenters. The van der Waals surface area contributed by atoms with Crippen molar-refractivity contribution in [3.63, 3.8) is 0 Å². The molecule has 4 aromatic rings. The van der Waals surface area contributed by atoms with Crippen LogP contribution in [0.4, 0.5) is 11.4 Å². The summed E-state index contributed by atoms with van der Waals surface area (Å²) >= 11 is 0. The molecular formula is C44H62N2O2. The Kier molecular flexibility index (Phi) is 11.8. The molecule has 0 aliphatic heterocycles. The number of rotatable bonds is 6. The monoisotopic (exact) mass is 650 g/mol. The van der Waals surface area contributed by atoms with Gasteiger partial charge in [0, 0.05) is 38.6 Å². The maximum atomic E-state index is 10.8. The highest BCUT2D eigenvalue weighted by Crippen LogP contribution is 2.41. The average Bonchev–Trinajstić information content (AvgIpc) is 2.97. The zero-order valence-corrected chi connectivity index (χ0v) is 32.3. The van der Waals surface area contributed by atoms with Gasteiger partial charge in [0.25, 0.3) is 0 Å². The molecule has 0 aromatic heterocycles. The Labute approximate surface area is 292 Å². The van der Waals surface area contributed by atoms with Gasteiger partial charge in [-0.2, -0.15) is 0 Å². The number of phenols is 2. The second-order valence-electron chi connectivity index (χ2n) is 17.5. The van der Waals surface area contributed by atoms with Crippen LogP contribution in [0.5, 0.6) is 11.5 Å². The summed E-state index contributed by atoms with van der Waals surface area (Å²) in [7, 11) is 4.21. The Hall–Kier alpha value is -3.92. The van der Waals surface area contributed by atoms with Crippen molar-refractivity contribution in [3.05, 3.63) is 118 Å². The second-order valence-corrected chi connectivity index (χ2v) is 17.5. The molecule has 0 saturated carbocycles. The van der Waals surface area contributed by atoms with Crippen LogP contribution in [0.25, 0.3) is 0 Å². The SMILES string of the molecule is CN(Cc1cc(C(C)(C)C)c(O)c(C(C)(C)C)c1)c1ccccc1.CN(Cc1cc(C(C)(C)C)c(O)c(C(C)(C)C)c1)c1ccccc1. The fourth-order valence-corrected chi connectivity index (χ4v) is 5.95. The van der Waals surface area contributed by atoms with Crippen molar-refractivity contribution < 1.29 is 10.2 Å². The predicted molar refractivity (Wildman–Crippen MR) is 208 cm³/mol. The third-order valence-electron chi connectivity index (χ3n) is 8.80. The summed E-state index contributed by atoms with van der Waals surface area (Å²) < 4.78 is 0. The van der Waals surface area contributed by atoms with E-state index in [2.05, 4.69) is 180 Å². The van der Waals surface area contributed by atoms with Gasteiger partial charge in [0.05, 0.1) is 0 Å². The summed E-state index contributed by atoms with van der Waals surface area (Å²) in [6.45, 7) is 27.5. The lowest BCUT2D eigenvalue weighted by Crippen LogP contribution is -2.21. The molecule has 4 aromatic carbocycles. The second kappa shape index (κ2) is 14.7. The summed E-state index contributed by atoms with van der Waals surface area (Å²) in [5.74, 6) is 0.891. The quantitative estimate of drug-likeness (QED) is 0.218. The van der Waals surface area contributed by atoms with E-state index in [1.54, 1.807) is 0 Å². The molecule has 48 heavy (non-hydrogen) atoms. The van der Waals surface area contributed by atoms with E-state index in [9.17, 15) is 10.2 Å². The minimum Gasteiger partial charge on any atom is -0.507 e. The van der Waals surface area contributed by atoms with Crippen molar-refractivity contribution in [3.8, 4) is 11.5 Å². The van der Waals surface area contributed by atoms with Gasteiger partial charge in [-0.25, -0.2) is 0 Å². The number of aromatic hydroxyl groups is 2. The van der Waals surface area contributed by atoms with Gasteiger partial charge >= 0.3 is 0 Å². The van der Waals surface area contributed by atoms with Gasteiger partial charge in [-0.1, -0.05) is 119 Å². The van der Waals surface area contributed by atoms with Crippen LogP contribution in [0.15, 0.2) is 84.9 Å². The van der Waals surface area contributed by atoms with Gasteiger partial charge in [0.2, 0.25) is 0 Å². The maximum Gasteiger partial charge on any atom is 0.123 e. The van der Waals surface area contributed by atoms with E-state index in [-0.39, 0.29) is 21.7 Å². The predicted octanol–water partition coefficient (Wildman–Crippen LogP) is 11.2.